The molecule has 5 fully saturated rings. The lowest BCUT2D eigenvalue weighted by atomic mass is 9.46. The minimum atomic E-state index is -0.273. The van der Waals surface area contributed by atoms with E-state index in [-0.39, 0.29) is 38.5 Å². The molecule has 0 aromatic rings. The van der Waals surface area contributed by atoms with E-state index in [0.29, 0.717) is 36.0 Å². The van der Waals surface area contributed by atoms with Crippen LogP contribution in [-0.4, -0.2) is 27.7 Å². The summed E-state index contributed by atoms with van der Waals surface area (Å²) < 4.78 is 6.20. The van der Waals surface area contributed by atoms with Crippen molar-refractivity contribution in [2.45, 2.75) is 70.1 Å². The molecule has 9 atom stereocenters. The molecule has 0 amide bonds. The van der Waals surface area contributed by atoms with E-state index in [4.69, 9.17) is 4.74 Å². The highest BCUT2D eigenvalue weighted by Gasteiger charge is 2.79. The van der Waals surface area contributed by atoms with Gasteiger partial charge in [-0.25, -0.2) is 0 Å². The average molecular weight is 427 g/mol. The largest absolute Gasteiger partial charge is 0.458 e. The zero-order valence-electron chi connectivity index (χ0n) is 18.0. The smallest absolute Gasteiger partial charge is 0.306 e. The lowest BCUT2D eigenvalue weighted by Crippen LogP contribution is -2.59. The van der Waals surface area contributed by atoms with Crippen LogP contribution in [-0.2, 0) is 19.1 Å². The van der Waals surface area contributed by atoms with Gasteiger partial charge in [-0.15, -0.1) is 0 Å². The molecule has 160 valence electrons. The summed E-state index contributed by atoms with van der Waals surface area (Å²) in [5.74, 6) is 2.54. The fourth-order valence-corrected chi connectivity index (χ4v) is 10.0. The first-order valence-electron chi connectivity index (χ1n) is 11.5. The van der Waals surface area contributed by atoms with Gasteiger partial charge in [0.2, 0.25) is 0 Å². The zero-order chi connectivity index (χ0) is 21.1. The van der Waals surface area contributed by atoms with E-state index in [1.165, 1.54) is 23.8 Å². The Hall–Kier alpha value is -1.36. The summed E-state index contributed by atoms with van der Waals surface area (Å²) in [6.45, 7) is 6.37. The Morgan fingerprint density at radius 1 is 1.20 bits per heavy atom. The number of carbonyl (C=O) groups excluding carboxylic acids is 3. The first kappa shape index (κ1) is 19.3. The Balaban J connectivity index is 1.45. The average Bonchev–Trinajstić information content (AvgIpc) is 3.31. The highest BCUT2D eigenvalue weighted by molar-refractivity contribution is 8.14. The number of ether oxygens (including phenoxy) is 1. The minimum absolute atomic E-state index is 0.00921. The van der Waals surface area contributed by atoms with Crippen molar-refractivity contribution in [2.24, 2.45) is 40.4 Å². The number of carbonyl (C=O) groups is 3. The van der Waals surface area contributed by atoms with Crippen molar-refractivity contribution >= 4 is 28.6 Å². The first-order chi connectivity index (χ1) is 14.2. The molecule has 0 bridgehead atoms. The first-order valence-corrected chi connectivity index (χ1v) is 12.4. The summed E-state index contributed by atoms with van der Waals surface area (Å²) >= 11 is 1.49. The van der Waals surface area contributed by atoms with Crippen LogP contribution in [0, 0.1) is 40.4 Å². The predicted octanol–water partition coefficient (Wildman–Crippen LogP) is 4.48. The maximum absolute atomic E-state index is 12.2. The number of allylic oxidation sites excluding steroid dienone is 4. The maximum atomic E-state index is 12.2. The molecule has 1 aliphatic heterocycles. The second-order valence-electron chi connectivity index (χ2n) is 11.1. The third-order valence-corrected chi connectivity index (χ3v) is 11.1. The Bertz CT molecular complexity index is 935. The van der Waals surface area contributed by atoms with Gasteiger partial charge in [-0.1, -0.05) is 37.3 Å². The topological polar surface area (TPSA) is 60.4 Å². The summed E-state index contributed by atoms with van der Waals surface area (Å²) in [5.41, 5.74) is 0.853. The number of hydrogen-bond acceptors (Lipinski definition) is 5. The van der Waals surface area contributed by atoms with Gasteiger partial charge in [0.1, 0.15) is 5.60 Å². The van der Waals surface area contributed by atoms with Gasteiger partial charge in [0.15, 0.2) is 10.9 Å². The van der Waals surface area contributed by atoms with Gasteiger partial charge in [0, 0.05) is 35.3 Å². The van der Waals surface area contributed by atoms with E-state index < -0.39 is 0 Å². The molecule has 6 aliphatic rings. The summed E-state index contributed by atoms with van der Waals surface area (Å²) in [7, 11) is 0. The molecule has 1 unspecified atom stereocenters. The molecule has 5 aliphatic carbocycles. The van der Waals surface area contributed by atoms with Crippen molar-refractivity contribution in [3.05, 3.63) is 23.8 Å². The number of hydrogen-bond donors (Lipinski definition) is 0. The second-order valence-corrected chi connectivity index (χ2v) is 12.5. The molecule has 6 rings (SSSR count). The fourth-order valence-electron chi connectivity index (χ4n) is 8.82. The SMILES string of the molecule is CC(=O)SC1CC2=CC(=O)C=C[C@]2(C)[C@H]2CC[C@@]3(C)[C@@H]([C@@H]4C[C@@H]4[C@@]34CCC(=O)O4)[C@H]12. The molecule has 0 aromatic carbocycles. The molecule has 0 aromatic heterocycles. The highest BCUT2D eigenvalue weighted by Crippen LogP contribution is 2.79. The lowest BCUT2D eigenvalue weighted by molar-refractivity contribution is -0.174. The molecule has 1 spiro atoms. The number of ketones is 1. The highest BCUT2D eigenvalue weighted by atomic mass is 32.2. The Morgan fingerprint density at radius 2 is 2.00 bits per heavy atom. The minimum Gasteiger partial charge on any atom is -0.458 e. The van der Waals surface area contributed by atoms with Crippen molar-refractivity contribution in [1.29, 1.82) is 0 Å². The molecule has 0 radical (unpaired) electrons. The third-order valence-electron chi connectivity index (χ3n) is 9.99. The summed E-state index contributed by atoms with van der Waals surface area (Å²) in [6.07, 6.45) is 11.3. The molecule has 5 heteroatoms. The molecule has 1 heterocycles. The standard InChI is InChI=1S/C25H30O4S/c1-13(26)30-19-11-14-10-15(27)4-7-23(14,2)17-5-8-24(3)22(21(17)19)16-12-18(16)25(24)9-6-20(28)29-25/h4,7,10,16-19,21-22H,5-6,8-9,11-12H2,1-3H3/t16-,17+,18+,19?,21+,22+,23+,24+,25+/m1/s1. The molecular formula is C25H30O4S. The number of esters is 1. The molecular weight excluding hydrogens is 396 g/mol. The van der Waals surface area contributed by atoms with Crippen LogP contribution < -0.4 is 0 Å². The van der Waals surface area contributed by atoms with Crippen LogP contribution in [0.15, 0.2) is 23.8 Å². The Kier molecular flexibility index (Phi) is 3.81. The van der Waals surface area contributed by atoms with Gasteiger partial charge >= 0.3 is 5.97 Å². The van der Waals surface area contributed by atoms with Crippen molar-refractivity contribution in [3.63, 3.8) is 0 Å². The summed E-state index contributed by atoms with van der Waals surface area (Å²) in [5, 5.41) is 0.379. The van der Waals surface area contributed by atoms with Gasteiger partial charge in [0.25, 0.3) is 0 Å². The molecule has 4 nitrogen and oxygen atoms in total. The Morgan fingerprint density at radius 3 is 2.70 bits per heavy atom. The van der Waals surface area contributed by atoms with E-state index in [0.717, 1.165) is 25.7 Å². The third kappa shape index (κ3) is 2.23. The van der Waals surface area contributed by atoms with E-state index in [2.05, 4.69) is 19.9 Å². The van der Waals surface area contributed by atoms with Gasteiger partial charge < -0.3 is 4.74 Å². The van der Waals surface area contributed by atoms with Crippen LogP contribution in [0.5, 0.6) is 0 Å². The normalized spacial score (nSPS) is 52.8. The Labute approximate surface area is 182 Å². The van der Waals surface area contributed by atoms with Crippen molar-refractivity contribution in [2.75, 3.05) is 0 Å². The fraction of sp³-hybridized carbons (Fsp3) is 0.720. The quantitative estimate of drug-likeness (QED) is 0.579. The summed E-state index contributed by atoms with van der Waals surface area (Å²) in [4.78, 5) is 36.6. The van der Waals surface area contributed by atoms with Crippen LogP contribution >= 0.6 is 11.8 Å². The van der Waals surface area contributed by atoms with Crippen molar-refractivity contribution < 1.29 is 19.1 Å². The number of rotatable bonds is 1. The van der Waals surface area contributed by atoms with E-state index in [1.807, 2.05) is 6.08 Å². The van der Waals surface area contributed by atoms with E-state index in [1.54, 1.807) is 13.0 Å². The van der Waals surface area contributed by atoms with Crippen LogP contribution in [0.3, 0.4) is 0 Å². The van der Waals surface area contributed by atoms with Gasteiger partial charge in [-0.05, 0) is 67.9 Å². The zero-order valence-corrected chi connectivity index (χ0v) is 18.8. The van der Waals surface area contributed by atoms with E-state index >= 15 is 0 Å². The van der Waals surface area contributed by atoms with Crippen molar-refractivity contribution in [3.8, 4) is 0 Å². The van der Waals surface area contributed by atoms with Crippen LogP contribution in [0.2, 0.25) is 0 Å². The van der Waals surface area contributed by atoms with Crippen molar-refractivity contribution in [1.82, 2.24) is 0 Å². The van der Waals surface area contributed by atoms with Gasteiger partial charge in [0.05, 0.1) is 0 Å². The number of fused-ring (bicyclic) bond motifs is 9. The second kappa shape index (κ2) is 5.90. The lowest BCUT2D eigenvalue weighted by Gasteiger charge is -2.61. The van der Waals surface area contributed by atoms with E-state index in [9.17, 15) is 14.4 Å². The van der Waals surface area contributed by atoms with Crippen LogP contribution in [0.1, 0.15) is 59.3 Å². The number of thioether (sulfide) groups is 1. The predicted molar refractivity (Wildman–Crippen MR) is 114 cm³/mol. The molecule has 1 saturated heterocycles. The van der Waals surface area contributed by atoms with Crippen LogP contribution in [0.4, 0.5) is 0 Å². The van der Waals surface area contributed by atoms with Crippen LogP contribution in [0.25, 0.3) is 0 Å². The van der Waals surface area contributed by atoms with Gasteiger partial charge in [-0.3, -0.25) is 14.4 Å². The summed E-state index contributed by atoms with van der Waals surface area (Å²) in [6, 6.07) is 0. The maximum Gasteiger partial charge on any atom is 0.306 e. The van der Waals surface area contributed by atoms with Gasteiger partial charge in [-0.2, -0.15) is 0 Å². The molecule has 0 N–H and O–H groups in total. The molecule has 30 heavy (non-hydrogen) atoms. The monoisotopic (exact) mass is 426 g/mol. The molecule has 4 saturated carbocycles.